The number of nitrogens with zero attached hydrogens (tertiary/aromatic N) is 1. The van der Waals surface area contributed by atoms with Crippen molar-refractivity contribution in [2.75, 3.05) is 12.5 Å². The van der Waals surface area contributed by atoms with E-state index >= 15 is 0 Å². The van der Waals surface area contributed by atoms with Crippen LogP contribution in [0.1, 0.15) is 10.4 Å². The van der Waals surface area contributed by atoms with E-state index in [2.05, 4.69) is 4.37 Å². The summed E-state index contributed by atoms with van der Waals surface area (Å²) < 4.78 is 47.6. The zero-order valence-electron chi connectivity index (χ0n) is 8.16. The van der Waals surface area contributed by atoms with Crippen molar-refractivity contribution in [2.24, 2.45) is 0 Å². The lowest BCUT2D eigenvalue weighted by atomic mass is 10.4. The fourth-order valence-electron chi connectivity index (χ4n) is 0.946. The van der Waals surface area contributed by atoms with Gasteiger partial charge in [-0.1, -0.05) is 0 Å². The Morgan fingerprint density at radius 1 is 1.19 bits per heavy atom. The molecule has 10 heteroatoms. The molecule has 1 N–H and O–H groups in total. The van der Waals surface area contributed by atoms with E-state index in [1.165, 1.54) is 0 Å². The summed E-state index contributed by atoms with van der Waals surface area (Å²) >= 11 is 0.340. The molecule has 0 bridgehead atoms. The van der Waals surface area contributed by atoms with Crippen LogP contribution in [0.25, 0.3) is 0 Å². The highest BCUT2D eigenvalue weighted by molar-refractivity contribution is 7.93. The second-order valence-corrected chi connectivity index (χ2v) is 7.92. The number of hydrogen-bond acceptors (Lipinski definition) is 7. The molecule has 0 amide bonds. The maximum Gasteiger partial charge on any atom is 0.340 e. The molecule has 1 rings (SSSR count). The van der Waals surface area contributed by atoms with Crippen LogP contribution in [-0.2, 0) is 19.7 Å². The molecule has 0 aromatic carbocycles. The molecule has 90 valence electrons. The normalized spacial score (nSPS) is 12.6. The van der Waals surface area contributed by atoms with Gasteiger partial charge in [-0.25, -0.2) is 21.6 Å². The number of aromatic nitrogens is 1. The zero-order chi connectivity index (χ0) is 12.7. The maximum atomic E-state index is 11.2. The minimum absolute atomic E-state index is 0.340. The van der Waals surface area contributed by atoms with Crippen LogP contribution in [0.2, 0.25) is 0 Å². The summed E-state index contributed by atoms with van der Waals surface area (Å²) in [7, 11) is -7.67. The van der Waals surface area contributed by atoms with E-state index < -0.39 is 40.4 Å². The Kier molecular flexibility index (Phi) is 3.09. The van der Waals surface area contributed by atoms with Crippen LogP contribution in [0.5, 0.6) is 0 Å². The number of aromatic carboxylic acids is 1. The first-order chi connectivity index (χ1) is 7.05. The molecule has 0 saturated carbocycles. The number of sulfone groups is 2. The highest BCUT2D eigenvalue weighted by atomic mass is 32.2. The fraction of sp³-hybridized carbons (Fsp3) is 0.333. The van der Waals surface area contributed by atoms with Gasteiger partial charge in [0.1, 0.15) is 5.56 Å². The van der Waals surface area contributed by atoms with Gasteiger partial charge in [0.2, 0.25) is 0 Å². The Hall–Kier alpha value is -1.00. The lowest BCUT2D eigenvalue weighted by Gasteiger charge is -1.97. The summed E-state index contributed by atoms with van der Waals surface area (Å²) in [5, 5.41) is 8.08. The van der Waals surface area contributed by atoms with Gasteiger partial charge in [-0.05, 0) is 11.5 Å². The van der Waals surface area contributed by atoms with E-state index in [4.69, 9.17) is 5.11 Å². The third kappa shape index (κ3) is 2.39. The van der Waals surface area contributed by atoms with Gasteiger partial charge in [0, 0.05) is 12.5 Å². The van der Waals surface area contributed by atoms with E-state index in [1.807, 2.05) is 0 Å². The first-order valence-electron chi connectivity index (χ1n) is 3.68. The third-order valence-electron chi connectivity index (χ3n) is 1.53. The minimum Gasteiger partial charge on any atom is -0.478 e. The number of carboxylic acid groups (broad SMARTS) is 1. The molecule has 0 atom stereocenters. The molecule has 0 fully saturated rings. The molecule has 0 saturated heterocycles. The van der Waals surface area contributed by atoms with Gasteiger partial charge in [0.25, 0.3) is 0 Å². The maximum absolute atomic E-state index is 11.2. The molecule has 0 spiro atoms. The fourth-order valence-corrected chi connectivity index (χ4v) is 4.03. The molecule has 0 radical (unpaired) electrons. The molecule has 1 aromatic heterocycles. The van der Waals surface area contributed by atoms with E-state index in [0.29, 0.717) is 11.5 Å². The van der Waals surface area contributed by atoms with Gasteiger partial charge in [-0.3, -0.25) is 0 Å². The van der Waals surface area contributed by atoms with Crippen LogP contribution in [0, 0.1) is 0 Å². The molecule has 1 aromatic rings. The Morgan fingerprint density at radius 3 is 2.00 bits per heavy atom. The summed E-state index contributed by atoms with van der Waals surface area (Å²) in [6.45, 7) is 0. The zero-order valence-corrected chi connectivity index (χ0v) is 10.6. The molecule has 0 aliphatic carbocycles. The van der Waals surface area contributed by atoms with E-state index in [-0.39, 0.29) is 0 Å². The van der Waals surface area contributed by atoms with Gasteiger partial charge in [-0.15, -0.1) is 0 Å². The summed E-state index contributed by atoms with van der Waals surface area (Å²) in [5.74, 6) is -1.63. The number of carboxylic acids is 1. The molecule has 0 unspecified atom stereocenters. The van der Waals surface area contributed by atoms with Gasteiger partial charge in [0.05, 0.1) is 0 Å². The van der Waals surface area contributed by atoms with Crippen LogP contribution in [-0.4, -0.2) is 44.8 Å². The SMILES string of the molecule is CS(=O)(=O)c1nsc(S(C)(=O)=O)c1C(=O)O. The smallest absolute Gasteiger partial charge is 0.340 e. The van der Waals surface area contributed by atoms with Crippen molar-refractivity contribution < 1.29 is 26.7 Å². The molecular formula is C6H7NO6S3. The molecular weight excluding hydrogens is 278 g/mol. The average molecular weight is 285 g/mol. The van der Waals surface area contributed by atoms with Gasteiger partial charge < -0.3 is 5.11 Å². The number of hydrogen-bond donors (Lipinski definition) is 1. The van der Waals surface area contributed by atoms with Crippen molar-refractivity contribution in [1.29, 1.82) is 0 Å². The van der Waals surface area contributed by atoms with Crippen LogP contribution in [0.15, 0.2) is 9.24 Å². The third-order valence-corrected chi connectivity index (χ3v) is 5.30. The lowest BCUT2D eigenvalue weighted by Crippen LogP contribution is -2.10. The van der Waals surface area contributed by atoms with Gasteiger partial charge in [-0.2, -0.15) is 4.37 Å². The Morgan fingerprint density at radius 2 is 1.69 bits per heavy atom. The lowest BCUT2D eigenvalue weighted by molar-refractivity contribution is 0.0689. The van der Waals surface area contributed by atoms with Crippen molar-refractivity contribution >= 4 is 37.2 Å². The summed E-state index contributed by atoms with van der Waals surface area (Å²) in [6.07, 6.45) is 1.56. The predicted molar refractivity (Wildman–Crippen MR) is 55.3 cm³/mol. The predicted octanol–water partition coefficient (Wildman–Crippen LogP) is -0.352. The van der Waals surface area contributed by atoms with Gasteiger partial charge >= 0.3 is 5.97 Å². The Bertz CT molecular complexity index is 588. The quantitative estimate of drug-likeness (QED) is 0.806. The van der Waals surface area contributed by atoms with Crippen molar-refractivity contribution in [2.45, 2.75) is 9.24 Å². The summed E-state index contributed by atoms with van der Waals surface area (Å²) in [5.41, 5.74) is -0.782. The van der Waals surface area contributed by atoms with Crippen LogP contribution in [0.4, 0.5) is 0 Å². The first kappa shape index (κ1) is 13.1. The van der Waals surface area contributed by atoms with Crippen LogP contribution < -0.4 is 0 Å². The molecule has 1 heterocycles. The second kappa shape index (κ2) is 3.79. The average Bonchev–Trinajstić information content (AvgIpc) is 2.43. The van der Waals surface area contributed by atoms with E-state index in [9.17, 15) is 21.6 Å². The second-order valence-electron chi connectivity index (χ2n) is 3.00. The largest absolute Gasteiger partial charge is 0.478 e. The molecule has 7 nitrogen and oxygen atoms in total. The summed E-state index contributed by atoms with van der Waals surface area (Å²) in [4.78, 5) is 10.8. The minimum atomic E-state index is -3.86. The van der Waals surface area contributed by atoms with Crippen molar-refractivity contribution in [3.05, 3.63) is 5.56 Å². The number of carbonyl (C=O) groups is 1. The van der Waals surface area contributed by atoms with Crippen molar-refractivity contribution in [3.63, 3.8) is 0 Å². The van der Waals surface area contributed by atoms with E-state index in [0.717, 1.165) is 12.5 Å². The standard InChI is InChI=1S/C6H7NO6S3/c1-15(10,11)4-3(5(8)9)6(14-7-4)16(2,12)13/h1-2H3,(H,8,9). The Labute approximate surface area is 95.7 Å². The van der Waals surface area contributed by atoms with Crippen molar-refractivity contribution in [3.8, 4) is 0 Å². The van der Waals surface area contributed by atoms with Crippen LogP contribution >= 0.6 is 11.5 Å². The number of rotatable bonds is 3. The van der Waals surface area contributed by atoms with E-state index in [1.54, 1.807) is 0 Å². The highest BCUT2D eigenvalue weighted by Crippen LogP contribution is 2.27. The van der Waals surface area contributed by atoms with Gasteiger partial charge in [0.15, 0.2) is 28.9 Å². The Balaban J connectivity index is 3.73. The monoisotopic (exact) mass is 285 g/mol. The first-order valence-corrected chi connectivity index (χ1v) is 8.24. The highest BCUT2D eigenvalue weighted by Gasteiger charge is 2.31. The molecule has 16 heavy (non-hydrogen) atoms. The van der Waals surface area contributed by atoms with Crippen molar-refractivity contribution in [1.82, 2.24) is 4.37 Å². The molecule has 0 aliphatic rings. The topological polar surface area (TPSA) is 118 Å². The summed E-state index contributed by atoms with van der Waals surface area (Å²) in [6, 6.07) is 0. The van der Waals surface area contributed by atoms with Crippen LogP contribution in [0.3, 0.4) is 0 Å². The molecule has 0 aliphatic heterocycles.